The van der Waals surface area contributed by atoms with E-state index < -0.39 is 12.5 Å². The molecule has 0 spiro atoms. The number of hydrogen-bond donors (Lipinski definition) is 0. The summed E-state index contributed by atoms with van der Waals surface area (Å²) in [6, 6.07) is 12.9. The normalized spacial score (nSPS) is 10.9. The van der Waals surface area contributed by atoms with Crippen molar-refractivity contribution in [1.29, 1.82) is 0 Å². The van der Waals surface area contributed by atoms with Crippen LogP contribution in [0.2, 0.25) is 0 Å². The average molecular weight is 333 g/mol. The molecule has 5 heteroatoms. The summed E-state index contributed by atoms with van der Waals surface area (Å²) in [7, 11) is 0. The van der Waals surface area contributed by atoms with Crippen molar-refractivity contribution >= 4 is 27.4 Å². The van der Waals surface area contributed by atoms with Crippen LogP contribution >= 0.6 is 15.9 Å². The number of nitrogens with zero attached hydrogens (tertiary/aromatic N) is 2. The maximum Gasteiger partial charge on any atom is 0.212 e. The minimum Gasteiger partial charge on any atom is -0.296 e. The van der Waals surface area contributed by atoms with Gasteiger partial charge in [-0.2, -0.15) is 0 Å². The van der Waals surface area contributed by atoms with Gasteiger partial charge in [0.05, 0.1) is 0 Å². The SMILES string of the molecule is O=C(CF)c1c(-c2cccc(Br)c2)nc2ccccn12. The molecule has 0 saturated heterocycles. The number of aromatic nitrogens is 2. The van der Waals surface area contributed by atoms with Crippen LogP contribution in [0.4, 0.5) is 4.39 Å². The van der Waals surface area contributed by atoms with Crippen molar-refractivity contribution in [2.45, 2.75) is 0 Å². The second kappa shape index (κ2) is 5.17. The van der Waals surface area contributed by atoms with Crippen molar-refractivity contribution in [2.24, 2.45) is 0 Å². The highest BCUT2D eigenvalue weighted by Gasteiger charge is 2.20. The molecule has 3 aromatic rings. The van der Waals surface area contributed by atoms with E-state index in [1.165, 1.54) is 0 Å². The molecule has 0 unspecified atom stereocenters. The third kappa shape index (κ3) is 2.14. The third-order valence-electron chi connectivity index (χ3n) is 3.01. The summed E-state index contributed by atoms with van der Waals surface area (Å²) in [4.78, 5) is 16.4. The number of Topliss-reactive ketones (excluding diaryl/α,β-unsaturated/α-hetero) is 1. The van der Waals surface area contributed by atoms with Crippen molar-refractivity contribution < 1.29 is 9.18 Å². The summed E-state index contributed by atoms with van der Waals surface area (Å²) in [5.74, 6) is -0.571. The summed E-state index contributed by atoms with van der Waals surface area (Å²) in [6.45, 7) is -1.04. The molecular weight excluding hydrogens is 323 g/mol. The lowest BCUT2D eigenvalue weighted by atomic mass is 10.1. The topological polar surface area (TPSA) is 34.4 Å². The number of hydrogen-bond acceptors (Lipinski definition) is 2. The average Bonchev–Trinajstić information content (AvgIpc) is 2.86. The van der Waals surface area contributed by atoms with Gasteiger partial charge in [-0.15, -0.1) is 0 Å². The van der Waals surface area contributed by atoms with Crippen molar-refractivity contribution in [3.63, 3.8) is 0 Å². The molecule has 3 rings (SSSR count). The Morgan fingerprint density at radius 2 is 2.10 bits per heavy atom. The molecule has 0 fully saturated rings. The molecule has 0 aliphatic rings. The van der Waals surface area contributed by atoms with E-state index in [0.717, 1.165) is 10.0 Å². The first-order valence-electron chi connectivity index (χ1n) is 6.03. The van der Waals surface area contributed by atoms with E-state index in [1.54, 1.807) is 22.7 Å². The molecule has 0 atom stereocenters. The Kier molecular flexibility index (Phi) is 3.36. The van der Waals surface area contributed by atoms with Gasteiger partial charge < -0.3 is 0 Å². The number of ketones is 1. The van der Waals surface area contributed by atoms with Crippen LogP contribution in [0.1, 0.15) is 10.5 Å². The van der Waals surface area contributed by atoms with Crippen LogP contribution < -0.4 is 0 Å². The maximum absolute atomic E-state index is 12.9. The lowest BCUT2D eigenvalue weighted by Crippen LogP contribution is -2.06. The highest BCUT2D eigenvalue weighted by Crippen LogP contribution is 2.27. The van der Waals surface area contributed by atoms with E-state index in [1.807, 2.05) is 30.3 Å². The van der Waals surface area contributed by atoms with E-state index in [2.05, 4.69) is 20.9 Å². The minimum absolute atomic E-state index is 0.279. The van der Waals surface area contributed by atoms with Crippen LogP contribution in [0.25, 0.3) is 16.9 Å². The molecule has 0 aliphatic carbocycles. The second-order valence-corrected chi connectivity index (χ2v) is 5.22. The Balaban J connectivity index is 2.32. The molecule has 0 saturated carbocycles. The quantitative estimate of drug-likeness (QED) is 0.681. The molecule has 0 bridgehead atoms. The fourth-order valence-corrected chi connectivity index (χ4v) is 2.56. The van der Waals surface area contributed by atoms with E-state index >= 15 is 0 Å². The smallest absolute Gasteiger partial charge is 0.212 e. The predicted molar refractivity (Wildman–Crippen MR) is 78.6 cm³/mol. The van der Waals surface area contributed by atoms with E-state index in [4.69, 9.17) is 0 Å². The number of benzene rings is 1. The highest BCUT2D eigenvalue weighted by atomic mass is 79.9. The van der Waals surface area contributed by atoms with E-state index in [0.29, 0.717) is 11.3 Å². The first-order valence-corrected chi connectivity index (χ1v) is 6.82. The largest absolute Gasteiger partial charge is 0.296 e. The molecule has 1 aromatic carbocycles. The number of alkyl halides is 1. The first kappa shape index (κ1) is 13.0. The van der Waals surface area contributed by atoms with Gasteiger partial charge in [0.1, 0.15) is 17.0 Å². The van der Waals surface area contributed by atoms with Crippen LogP contribution in [-0.4, -0.2) is 21.8 Å². The van der Waals surface area contributed by atoms with Gasteiger partial charge in [-0.25, -0.2) is 9.37 Å². The molecule has 0 N–H and O–H groups in total. The number of fused-ring (bicyclic) bond motifs is 1. The van der Waals surface area contributed by atoms with Gasteiger partial charge in [-0.05, 0) is 24.3 Å². The maximum atomic E-state index is 12.9. The zero-order valence-electron chi connectivity index (χ0n) is 10.4. The Bertz CT molecular complexity index is 797. The lowest BCUT2D eigenvalue weighted by molar-refractivity contribution is 0.0953. The van der Waals surface area contributed by atoms with Crippen molar-refractivity contribution in [3.05, 3.63) is 58.8 Å². The van der Waals surface area contributed by atoms with Gasteiger partial charge in [0, 0.05) is 16.2 Å². The second-order valence-electron chi connectivity index (χ2n) is 4.31. The summed E-state index contributed by atoms with van der Waals surface area (Å²) in [5, 5.41) is 0. The van der Waals surface area contributed by atoms with Gasteiger partial charge in [0.2, 0.25) is 5.78 Å². The van der Waals surface area contributed by atoms with Crippen LogP contribution in [-0.2, 0) is 0 Å². The minimum atomic E-state index is -1.04. The Morgan fingerprint density at radius 3 is 2.85 bits per heavy atom. The number of rotatable bonds is 3. The third-order valence-corrected chi connectivity index (χ3v) is 3.51. The summed E-state index contributed by atoms with van der Waals surface area (Å²) >= 11 is 3.39. The van der Waals surface area contributed by atoms with Crippen molar-refractivity contribution in [3.8, 4) is 11.3 Å². The molecule has 20 heavy (non-hydrogen) atoms. The number of imidazole rings is 1. The summed E-state index contributed by atoms with van der Waals surface area (Å²) in [5.41, 5.74) is 2.18. The predicted octanol–water partition coefficient (Wildman–Crippen LogP) is 3.92. The molecule has 2 heterocycles. The fourth-order valence-electron chi connectivity index (χ4n) is 2.16. The first-order chi connectivity index (χ1) is 9.70. The molecule has 0 radical (unpaired) electrons. The molecule has 3 nitrogen and oxygen atoms in total. The Hall–Kier alpha value is -2.01. The zero-order chi connectivity index (χ0) is 14.1. The summed E-state index contributed by atoms with van der Waals surface area (Å²) in [6.07, 6.45) is 1.71. The molecule has 0 aliphatic heterocycles. The van der Waals surface area contributed by atoms with Crippen molar-refractivity contribution in [1.82, 2.24) is 9.38 Å². The fraction of sp³-hybridized carbons (Fsp3) is 0.0667. The highest BCUT2D eigenvalue weighted by molar-refractivity contribution is 9.10. The number of pyridine rings is 1. The van der Waals surface area contributed by atoms with E-state index in [-0.39, 0.29) is 5.69 Å². The standard InChI is InChI=1S/C15H10BrFN2O/c16-11-5-3-4-10(8-11)14-15(12(20)9-17)19-7-2-1-6-13(19)18-14/h1-8H,9H2. The molecular formula is C15H10BrFN2O. The zero-order valence-corrected chi connectivity index (χ0v) is 12.0. The number of carbonyl (C=O) groups is 1. The van der Waals surface area contributed by atoms with Crippen LogP contribution in [0, 0.1) is 0 Å². The number of carbonyl (C=O) groups excluding carboxylic acids is 1. The monoisotopic (exact) mass is 332 g/mol. The summed E-state index contributed by atoms with van der Waals surface area (Å²) < 4.78 is 15.4. The van der Waals surface area contributed by atoms with Crippen LogP contribution in [0.3, 0.4) is 0 Å². The van der Waals surface area contributed by atoms with Gasteiger partial charge in [0.25, 0.3) is 0 Å². The van der Waals surface area contributed by atoms with Crippen molar-refractivity contribution in [2.75, 3.05) is 6.67 Å². The molecule has 2 aromatic heterocycles. The molecule has 0 amide bonds. The van der Waals surface area contributed by atoms with Gasteiger partial charge in [-0.3, -0.25) is 9.20 Å². The van der Waals surface area contributed by atoms with Crippen LogP contribution in [0.5, 0.6) is 0 Å². The number of halogens is 2. The lowest BCUT2D eigenvalue weighted by Gasteiger charge is -2.02. The molecule has 100 valence electrons. The Morgan fingerprint density at radius 1 is 1.25 bits per heavy atom. The van der Waals surface area contributed by atoms with Gasteiger partial charge >= 0.3 is 0 Å². The van der Waals surface area contributed by atoms with Gasteiger partial charge in [0.15, 0.2) is 6.67 Å². The van der Waals surface area contributed by atoms with Crippen LogP contribution in [0.15, 0.2) is 53.1 Å². The Labute approximate surface area is 123 Å². The van der Waals surface area contributed by atoms with E-state index in [9.17, 15) is 9.18 Å². The van der Waals surface area contributed by atoms with Gasteiger partial charge in [-0.1, -0.05) is 34.1 Å².